The number of rotatable bonds is 5. The third kappa shape index (κ3) is 4.86. The first-order valence-corrected chi connectivity index (χ1v) is 6.92. The highest BCUT2D eigenvalue weighted by Crippen LogP contribution is 2.20. The average Bonchev–Trinajstić information content (AvgIpc) is 2.21. The summed E-state index contributed by atoms with van der Waals surface area (Å²) in [6.45, 7) is 6.56. The van der Waals surface area contributed by atoms with E-state index in [1.54, 1.807) is 0 Å². The molecule has 0 aliphatic carbocycles. The van der Waals surface area contributed by atoms with Crippen molar-refractivity contribution in [2.45, 2.75) is 20.4 Å². The highest BCUT2D eigenvalue weighted by molar-refractivity contribution is 9.09. The second-order valence-electron chi connectivity index (χ2n) is 5.10. The Morgan fingerprint density at radius 1 is 1.25 bits per heavy atom. The van der Waals surface area contributed by atoms with Gasteiger partial charge in [-0.05, 0) is 30.2 Å². The monoisotopic (exact) mass is 303 g/mol. The SMILES string of the molecule is CN(Cc1ccc(Cl)cc1)CC(C)(C)CBr. The Balaban J connectivity index is 2.51. The molecule has 0 aromatic heterocycles. The van der Waals surface area contributed by atoms with Crippen LogP contribution in [0.4, 0.5) is 0 Å². The Hall–Kier alpha value is -0.0500. The molecule has 0 saturated heterocycles. The molecule has 0 aliphatic heterocycles. The van der Waals surface area contributed by atoms with Gasteiger partial charge in [-0.2, -0.15) is 0 Å². The van der Waals surface area contributed by atoms with Crippen LogP contribution in [0.2, 0.25) is 5.02 Å². The number of hydrogen-bond donors (Lipinski definition) is 0. The Labute approximate surface area is 112 Å². The molecule has 0 amide bonds. The second-order valence-corrected chi connectivity index (χ2v) is 6.09. The molecule has 0 aliphatic rings. The number of benzene rings is 1. The summed E-state index contributed by atoms with van der Waals surface area (Å²) in [5, 5.41) is 1.82. The summed E-state index contributed by atoms with van der Waals surface area (Å²) in [7, 11) is 2.15. The lowest BCUT2D eigenvalue weighted by molar-refractivity contribution is 0.226. The van der Waals surface area contributed by atoms with E-state index in [0.717, 1.165) is 23.4 Å². The van der Waals surface area contributed by atoms with Gasteiger partial charge in [0.05, 0.1) is 0 Å². The van der Waals surface area contributed by atoms with Crippen molar-refractivity contribution in [3.63, 3.8) is 0 Å². The normalized spacial score (nSPS) is 12.1. The Bertz CT molecular complexity index is 321. The van der Waals surface area contributed by atoms with Crippen molar-refractivity contribution < 1.29 is 0 Å². The maximum Gasteiger partial charge on any atom is 0.0406 e. The van der Waals surface area contributed by atoms with E-state index in [2.05, 4.69) is 53.9 Å². The van der Waals surface area contributed by atoms with Gasteiger partial charge in [-0.15, -0.1) is 0 Å². The van der Waals surface area contributed by atoms with E-state index < -0.39 is 0 Å². The number of hydrogen-bond acceptors (Lipinski definition) is 1. The van der Waals surface area contributed by atoms with Crippen LogP contribution in [0.15, 0.2) is 24.3 Å². The van der Waals surface area contributed by atoms with Gasteiger partial charge in [0, 0.05) is 23.4 Å². The van der Waals surface area contributed by atoms with E-state index in [0.29, 0.717) is 5.41 Å². The van der Waals surface area contributed by atoms with Gasteiger partial charge in [0.15, 0.2) is 0 Å². The first-order valence-electron chi connectivity index (χ1n) is 5.42. The van der Waals surface area contributed by atoms with Gasteiger partial charge in [0.25, 0.3) is 0 Å². The minimum Gasteiger partial charge on any atom is -0.302 e. The molecule has 16 heavy (non-hydrogen) atoms. The van der Waals surface area contributed by atoms with E-state index in [9.17, 15) is 0 Å². The lowest BCUT2D eigenvalue weighted by Crippen LogP contribution is -2.32. The summed E-state index contributed by atoms with van der Waals surface area (Å²) >= 11 is 9.41. The minimum atomic E-state index is 0.307. The van der Waals surface area contributed by atoms with Gasteiger partial charge < -0.3 is 4.90 Å². The topological polar surface area (TPSA) is 3.24 Å². The van der Waals surface area contributed by atoms with Gasteiger partial charge >= 0.3 is 0 Å². The standard InChI is InChI=1S/C13H19BrClN/c1-13(2,9-14)10-16(3)8-11-4-6-12(15)7-5-11/h4-7H,8-10H2,1-3H3. The first-order chi connectivity index (χ1) is 7.43. The fraction of sp³-hybridized carbons (Fsp3) is 0.538. The molecular formula is C13H19BrClN. The molecular weight excluding hydrogens is 286 g/mol. The lowest BCUT2D eigenvalue weighted by Gasteiger charge is -2.28. The van der Waals surface area contributed by atoms with Gasteiger partial charge in [0.2, 0.25) is 0 Å². The Morgan fingerprint density at radius 2 is 1.81 bits per heavy atom. The van der Waals surface area contributed by atoms with Crippen LogP contribution in [0.3, 0.4) is 0 Å². The summed E-state index contributed by atoms with van der Waals surface area (Å²) in [6, 6.07) is 8.06. The molecule has 0 radical (unpaired) electrons. The van der Waals surface area contributed by atoms with E-state index in [-0.39, 0.29) is 0 Å². The third-order valence-electron chi connectivity index (χ3n) is 2.43. The lowest BCUT2D eigenvalue weighted by atomic mass is 9.96. The average molecular weight is 305 g/mol. The zero-order chi connectivity index (χ0) is 12.2. The smallest absolute Gasteiger partial charge is 0.0406 e. The number of halogens is 2. The molecule has 1 aromatic carbocycles. The van der Waals surface area contributed by atoms with Crippen molar-refractivity contribution in [1.29, 1.82) is 0 Å². The molecule has 90 valence electrons. The van der Waals surface area contributed by atoms with Crippen LogP contribution in [-0.4, -0.2) is 23.8 Å². The molecule has 0 atom stereocenters. The maximum atomic E-state index is 5.86. The quantitative estimate of drug-likeness (QED) is 0.737. The fourth-order valence-electron chi connectivity index (χ4n) is 1.73. The van der Waals surface area contributed by atoms with Gasteiger partial charge in [-0.25, -0.2) is 0 Å². The van der Waals surface area contributed by atoms with Crippen molar-refractivity contribution >= 4 is 27.5 Å². The largest absolute Gasteiger partial charge is 0.302 e. The van der Waals surface area contributed by atoms with Crippen molar-refractivity contribution in [2.75, 3.05) is 18.9 Å². The summed E-state index contributed by atoms with van der Waals surface area (Å²) < 4.78 is 0. The van der Waals surface area contributed by atoms with E-state index >= 15 is 0 Å². The molecule has 0 fully saturated rings. The van der Waals surface area contributed by atoms with Crippen molar-refractivity contribution in [3.05, 3.63) is 34.9 Å². The number of alkyl halides is 1. The molecule has 0 saturated carbocycles. The molecule has 1 aromatic rings. The van der Waals surface area contributed by atoms with Crippen LogP contribution in [0.5, 0.6) is 0 Å². The van der Waals surface area contributed by atoms with Crippen LogP contribution < -0.4 is 0 Å². The van der Waals surface area contributed by atoms with E-state index in [1.807, 2.05) is 12.1 Å². The van der Waals surface area contributed by atoms with Crippen LogP contribution in [-0.2, 0) is 6.54 Å². The molecule has 3 heteroatoms. The van der Waals surface area contributed by atoms with E-state index in [4.69, 9.17) is 11.6 Å². The van der Waals surface area contributed by atoms with Crippen LogP contribution >= 0.6 is 27.5 Å². The Morgan fingerprint density at radius 3 is 2.31 bits per heavy atom. The maximum absolute atomic E-state index is 5.86. The zero-order valence-corrected chi connectivity index (χ0v) is 12.5. The molecule has 0 heterocycles. The van der Waals surface area contributed by atoms with Crippen LogP contribution in [0.25, 0.3) is 0 Å². The zero-order valence-electron chi connectivity index (χ0n) is 10.1. The highest BCUT2D eigenvalue weighted by Gasteiger charge is 2.18. The third-order valence-corrected chi connectivity index (χ3v) is 4.20. The predicted octanol–water partition coefficient (Wildman–Crippen LogP) is 4.19. The van der Waals surface area contributed by atoms with Gasteiger partial charge in [-0.1, -0.05) is 53.5 Å². The second kappa shape index (κ2) is 6.04. The molecule has 0 spiro atoms. The molecule has 0 unspecified atom stereocenters. The van der Waals surface area contributed by atoms with E-state index in [1.165, 1.54) is 5.56 Å². The summed E-state index contributed by atoms with van der Waals surface area (Å²) in [6.07, 6.45) is 0. The van der Waals surface area contributed by atoms with Crippen LogP contribution in [0, 0.1) is 5.41 Å². The Kier molecular flexibility index (Phi) is 5.29. The minimum absolute atomic E-state index is 0.307. The first kappa shape index (κ1) is 14.0. The number of nitrogens with zero attached hydrogens (tertiary/aromatic N) is 1. The summed E-state index contributed by atoms with van der Waals surface area (Å²) in [5.74, 6) is 0. The van der Waals surface area contributed by atoms with Crippen LogP contribution in [0.1, 0.15) is 19.4 Å². The molecule has 1 rings (SSSR count). The van der Waals surface area contributed by atoms with Crippen molar-refractivity contribution in [3.8, 4) is 0 Å². The summed E-state index contributed by atoms with van der Waals surface area (Å²) in [5.41, 5.74) is 1.61. The summed E-state index contributed by atoms with van der Waals surface area (Å²) in [4.78, 5) is 2.34. The molecule has 0 bridgehead atoms. The van der Waals surface area contributed by atoms with Crippen molar-refractivity contribution in [2.24, 2.45) is 5.41 Å². The highest BCUT2D eigenvalue weighted by atomic mass is 79.9. The van der Waals surface area contributed by atoms with Crippen molar-refractivity contribution in [1.82, 2.24) is 4.90 Å². The molecule has 0 N–H and O–H groups in total. The van der Waals surface area contributed by atoms with Gasteiger partial charge in [0.1, 0.15) is 0 Å². The predicted molar refractivity (Wildman–Crippen MR) is 75.4 cm³/mol. The molecule has 1 nitrogen and oxygen atoms in total. The fourth-order valence-corrected chi connectivity index (χ4v) is 2.03. The van der Waals surface area contributed by atoms with Gasteiger partial charge in [-0.3, -0.25) is 0 Å².